The highest BCUT2D eigenvalue weighted by Gasteiger charge is 2.16. The van der Waals surface area contributed by atoms with Gasteiger partial charge in [0.2, 0.25) is 0 Å². The number of carbonyl (C=O) groups is 1. The van der Waals surface area contributed by atoms with Gasteiger partial charge in [-0.1, -0.05) is 59.6 Å². The molecule has 2 aromatic heterocycles. The lowest BCUT2D eigenvalue weighted by Gasteiger charge is -2.10. The number of thiophene rings is 1. The lowest BCUT2D eigenvalue weighted by atomic mass is 10.1. The summed E-state index contributed by atoms with van der Waals surface area (Å²) >= 11 is 13.8. The molecule has 0 spiro atoms. The van der Waals surface area contributed by atoms with E-state index >= 15 is 0 Å². The molecule has 0 saturated carbocycles. The Morgan fingerprint density at radius 2 is 1.75 bits per heavy atom. The van der Waals surface area contributed by atoms with Crippen LogP contribution in [0.25, 0.3) is 31.7 Å². The number of carboxylic acids is 1. The highest BCUT2D eigenvalue weighted by atomic mass is 35.5. The molecule has 0 aliphatic rings. The van der Waals surface area contributed by atoms with Crippen molar-refractivity contribution in [2.75, 3.05) is 5.32 Å². The van der Waals surface area contributed by atoms with Crippen molar-refractivity contribution in [2.24, 2.45) is 0 Å². The molecule has 2 N–H and O–H groups in total. The SMILES string of the molecule is O=C(O)c1ccc(-c2nc(NCc3ccc(Cl)c(Cl)c3)c3c(n2)sc2ccccc23)cc1. The number of carboxylic acid groups (broad SMARTS) is 1. The Morgan fingerprint density at radius 1 is 0.969 bits per heavy atom. The van der Waals surface area contributed by atoms with Gasteiger partial charge in [-0.15, -0.1) is 11.3 Å². The summed E-state index contributed by atoms with van der Waals surface area (Å²) in [6, 6.07) is 20.2. The summed E-state index contributed by atoms with van der Waals surface area (Å²) in [5.41, 5.74) is 1.93. The molecule has 0 radical (unpaired) electrons. The third kappa shape index (κ3) is 3.88. The minimum absolute atomic E-state index is 0.217. The number of nitrogens with zero attached hydrogens (tertiary/aromatic N) is 2. The van der Waals surface area contributed by atoms with Crippen LogP contribution >= 0.6 is 34.5 Å². The van der Waals surface area contributed by atoms with Crippen LogP contribution in [0.1, 0.15) is 15.9 Å². The predicted octanol–water partition coefficient (Wildman–Crippen LogP) is 7.13. The molecule has 0 saturated heterocycles. The van der Waals surface area contributed by atoms with Crippen molar-refractivity contribution in [3.05, 3.63) is 87.9 Å². The van der Waals surface area contributed by atoms with Gasteiger partial charge in [-0.3, -0.25) is 0 Å². The first-order chi connectivity index (χ1) is 15.5. The fourth-order valence-corrected chi connectivity index (χ4v) is 4.87. The van der Waals surface area contributed by atoms with Gasteiger partial charge in [-0.2, -0.15) is 0 Å². The maximum absolute atomic E-state index is 11.2. The molecule has 0 atom stereocenters. The number of fused-ring (bicyclic) bond motifs is 3. The maximum Gasteiger partial charge on any atom is 0.335 e. The number of aromatic nitrogens is 2. The van der Waals surface area contributed by atoms with Crippen molar-refractivity contribution in [1.29, 1.82) is 0 Å². The minimum Gasteiger partial charge on any atom is -0.478 e. The van der Waals surface area contributed by atoms with E-state index in [0.717, 1.165) is 31.4 Å². The molecule has 158 valence electrons. The zero-order valence-corrected chi connectivity index (χ0v) is 18.8. The van der Waals surface area contributed by atoms with Crippen molar-refractivity contribution in [1.82, 2.24) is 9.97 Å². The fourth-order valence-electron chi connectivity index (χ4n) is 3.48. The number of aromatic carboxylic acids is 1. The molecule has 0 aliphatic carbocycles. The first kappa shape index (κ1) is 20.7. The lowest BCUT2D eigenvalue weighted by Crippen LogP contribution is -2.04. The molecule has 5 nitrogen and oxygen atoms in total. The van der Waals surface area contributed by atoms with Crippen LogP contribution in [0.15, 0.2) is 66.7 Å². The Balaban J connectivity index is 1.61. The average molecular weight is 480 g/mol. The van der Waals surface area contributed by atoms with E-state index in [0.29, 0.717) is 28.2 Å². The van der Waals surface area contributed by atoms with Gasteiger partial charge in [0.25, 0.3) is 0 Å². The second-order valence-electron chi connectivity index (χ2n) is 7.16. The number of halogens is 2. The molecular formula is C24H15Cl2N3O2S. The molecule has 8 heteroatoms. The number of hydrogen-bond acceptors (Lipinski definition) is 5. The highest BCUT2D eigenvalue weighted by Crippen LogP contribution is 2.38. The summed E-state index contributed by atoms with van der Waals surface area (Å²) in [7, 11) is 0. The van der Waals surface area contributed by atoms with E-state index in [1.165, 1.54) is 0 Å². The minimum atomic E-state index is -0.971. The van der Waals surface area contributed by atoms with Crippen LogP contribution < -0.4 is 5.32 Å². The summed E-state index contributed by atoms with van der Waals surface area (Å²) < 4.78 is 1.12. The highest BCUT2D eigenvalue weighted by molar-refractivity contribution is 7.25. The molecule has 0 amide bonds. The smallest absolute Gasteiger partial charge is 0.335 e. The van der Waals surface area contributed by atoms with Crippen molar-refractivity contribution in [2.45, 2.75) is 6.54 Å². The number of benzene rings is 3. The van der Waals surface area contributed by atoms with E-state index in [-0.39, 0.29) is 5.56 Å². The summed E-state index contributed by atoms with van der Waals surface area (Å²) in [6.45, 7) is 0.505. The molecule has 3 aromatic carbocycles. The summed E-state index contributed by atoms with van der Waals surface area (Å²) in [5.74, 6) is 0.259. The van der Waals surface area contributed by atoms with Gasteiger partial charge >= 0.3 is 5.97 Å². The molecule has 0 aliphatic heterocycles. The zero-order valence-electron chi connectivity index (χ0n) is 16.5. The zero-order chi connectivity index (χ0) is 22.2. The van der Waals surface area contributed by atoms with Gasteiger partial charge < -0.3 is 10.4 Å². The van der Waals surface area contributed by atoms with Gasteiger partial charge in [0.05, 0.1) is 21.0 Å². The Morgan fingerprint density at radius 3 is 2.50 bits per heavy atom. The standard InChI is InChI=1S/C24H15Cl2N3O2S/c25-17-10-5-13(11-18(17)26)12-27-22-20-16-3-1-2-4-19(16)32-23(20)29-21(28-22)14-6-8-15(9-7-14)24(30)31/h1-11H,12H2,(H,30,31)(H,27,28,29). The van der Waals surface area contributed by atoms with E-state index < -0.39 is 5.97 Å². The Kier molecular flexibility index (Phi) is 5.43. The largest absolute Gasteiger partial charge is 0.478 e. The average Bonchev–Trinajstić information content (AvgIpc) is 3.18. The fraction of sp³-hybridized carbons (Fsp3) is 0.0417. The van der Waals surface area contributed by atoms with Crippen LogP contribution in [0.3, 0.4) is 0 Å². The molecule has 32 heavy (non-hydrogen) atoms. The Labute approximate surface area is 197 Å². The Bertz CT molecular complexity index is 1480. The normalized spacial score (nSPS) is 11.2. The molecule has 0 bridgehead atoms. The Hall–Kier alpha value is -3.19. The van der Waals surface area contributed by atoms with E-state index in [1.54, 1.807) is 41.7 Å². The summed E-state index contributed by atoms with van der Waals surface area (Å²) in [5, 5.41) is 15.6. The van der Waals surface area contributed by atoms with Crippen molar-refractivity contribution in [3.8, 4) is 11.4 Å². The van der Waals surface area contributed by atoms with Crippen molar-refractivity contribution in [3.63, 3.8) is 0 Å². The first-order valence-corrected chi connectivity index (χ1v) is 11.3. The number of rotatable bonds is 5. The van der Waals surface area contributed by atoms with E-state index in [4.69, 9.17) is 38.3 Å². The van der Waals surface area contributed by atoms with Crippen LogP contribution in [0.2, 0.25) is 10.0 Å². The van der Waals surface area contributed by atoms with Crippen LogP contribution in [-0.4, -0.2) is 21.0 Å². The molecule has 0 unspecified atom stereocenters. The number of nitrogens with one attached hydrogen (secondary N) is 1. The van der Waals surface area contributed by atoms with Crippen LogP contribution in [0.4, 0.5) is 5.82 Å². The molecular weight excluding hydrogens is 465 g/mol. The van der Waals surface area contributed by atoms with Gasteiger partial charge in [0.1, 0.15) is 10.6 Å². The van der Waals surface area contributed by atoms with Crippen LogP contribution in [0, 0.1) is 0 Å². The van der Waals surface area contributed by atoms with Gasteiger partial charge in [-0.25, -0.2) is 14.8 Å². The van der Waals surface area contributed by atoms with Crippen molar-refractivity contribution < 1.29 is 9.90 Å². The second kappa shape index (κ2) is 8.39. The van der Waals surface area contributed by atoms with E-state index in [9.17, 15) is 4.79 Å². The van der Waals surface area contributed by atoms with E-state index in [2.05, 4.69) is 17.4 Å². The van der Waals surface area contributed by atoms with Crippen LogP contribution in [-0.2, 0) is 6.54 Å². The number of anilines is 1. The lowest BCUT2D eigenvalue weighted by molar-refractivity contribution is 0.0697. The molecule has 5 rings (SSSR count). The molecule has 0 fully saturated rings. The van der Waals surface area contributed by atoms with Gasteiger partial charge in [0.15, 0.2) is 5.82 Å². The summed E-state index contributed by atoms with van der Waals surface area (Å²) in [6.07, 6.45) is 0. The summed E-state index contributed by atoms with van der Waals surface area (Å²) in [4.78, 5) is 21.6. The van der Waals surface area contributed by atoms with Gasteiger partial charge in [-0.05, 0) is 35.9 Å². The van der Waals surface area contributed by atoms with E-state index in [1.807, 2.05) is 24.3 Å². The predicted molar refractivity (Wildman–Crippen MR) is 131 cm³/mol. The molecule has 5 aromatic rings. The maximum atomic E-state index is 11.2. The van der Waals surface area contributed by atoms with Crippen molar-refractivity contribution >= 4 is 66.6 Å². The van der Waals surface area contributed by atoms with Gasteiger partial charge in [0, 0.05) is 22.2 Å². The molecule has 2 heterocycles. The third-order valence-corrected chi connectivity index (χ3v) is 6.88. The quantitative estimate of drug-likeness (QED) is 0.280. The van der Waals surface area contributed by atoms with Crippen LogP contribution in [0.5, 0.6) is 0 Å². The second-order valence-corrected chi connectivity index (χ2v) is 9.00. The third-order valence-electron chi connectivity index (χ3n) is 5.07. The first-order valence-electron chi connectivity index (χ1n) is 9.70. The monoisotopic (exact) mass is 479 g/mol. The number of hydrogen-bond donors (Lipinski definition) is 2. The topological polar surface area (TPSA) is 75.1 Å².